The molecule has 1 aliphatic rings. The lowest BCUT2D eigenvalue weighted by Gasteiger charge is -2.31. The van der Waals surface area contributed by atoms with E-state index in [4.69, 9.17) is 4.74 Å². The Kier molecular flexibility index (Phi) is 9.97. The lowest BCUT2D eigenvalue weighted by Crippen LogP contribution is -2.47. The first-order valence-corrected chi connectivity index (χ1v) is 14.0. The highest BCUT2D eigenvalue weighted by molar-refractivity contribution is 7.10. The second kappa shape index (κ2) is 13.6. The Morgan fingerprint density at radius 3 is 2.40 bits per heavy atom. The van der Waals surface area contributed by atoms with Gasteiger partial charge in [0.25, 0.3) is 11.6 Å². The normalized spacial score (nSPS) is 13.7. The monoisotopic (exact) mass is 568 g/mol. The van der Waals surface area contributed by atoms with Crippen LogP contribution in [0.3, 0.4) is 0 Å². The minimum Gasteiger partial charge on any atom is -0.379 e. The number of benzene rings is 2. The molecule has 0 aliphatic carbocycles. The molecule has 2 amide bonds. The third-order valence-electron chi connectivity index (χ3n) is 7.00. The number of amides is 2. The summed E-state index contributed by atoms with van der Waals surface area (Å²) in [5.74, 6) is -1.07. The van der Waals surface area contributed by atoms with Crippen molar-refractivity contribution in [3.63, 3.8) is 0 Å². The first-order chi connectivity index (χ1) is 19.2. The largest absolute Gasteiger partial charge is 0.379 e. The standard InChI is InChI=1S/C29H33FN4O5S/c1-21-3-6-24(17-26(21)34(37)38)29(36)32(11-10-31-12-14-39-15-13-31)20-28(35)33(19-27-22(2)9-16-40-27)18-23-4-7-25(30)8-5-23/h3-9,16-17H,10-15,18-20H2,1-2H3. The van der Waals surface area contributed by atoms with Crippen LogP contribution in [0.1, 0.15) is 31.9 Å². The average molecular weight is 569 g/mol. The summed E-state index contributed by atoms with van der Waals surface area (Å²) >= 11 is 1.55. The van der Waals surface area contributed by atoms with Crippen LogP contribution in [-0.4, -0.2) is 77.4 Å². The van der Waals surface area contributed by atoms with Crippen molar-refractivity contribution in [2.24, 2.45) is 0 Å². The summed E-state index contributed by atoms with van der Waals surface area (Å²) in [6.07, 6.45) is 0. The van der Waals surface area contributed by atoms with Crippen LogP contribution in [0.5, 0.6) is 0 Å². The van der Waals surface area contributed by atoms with Crippen molar-refractivity contribution in [2.75, 3.05) is 45.9 Å². The maximum absolute atomic E-state index is 13.8. The van der Waals surface area contributed by atoms with Gasteiger partial charge in [-0.1, -0.05) is 18.2 Å². The summed E-state index contributed by atoms with van der Waals surface area (Å²) in [6.45, 7) is 7.45. The molecule has 40 heavy (non-hydrogen) atoms. The third-order valence-corrected chi connectivity index (χ3v) is 8.01. The van der Waals surface area contributed by atoms with Gasteiger partial charge >= 0.3 is 0 Å². The molecule has 1 aromatic heterocycles. The molecule has 2 heterocycles. The highest BCUT2D eigenvalue weighted by atomic mass is 32.1. The summed E-state index contributed by atoms with van der Waals surface area (Å²) in [7, 11) is 0. The first-order valence-electron chi connectivity index (χ1n) is 13.1. The van der Waals surface area contributed by atoms with E-state index in [0.717, 1.165) is 29.1 Å². The molecule has 0 atom stereocenters. The Balaban J connectivity index is 1.58. The molecule has 0 saturated carbocycles. The number of ether oxygens (including phenoxy) is 1. The van der Waals surface area contributed by atoms with E-state index >= 15 is 0 Å². The van der Waals surface area contributed by atoms with Gasteiger partial charge in [0.15, 0.2) is 0 Å². The third kappa shape index (κ3) is 7.71. The molecule has 4 rings (SSSR count). The summed E-state index contributed by atoms with van der Waals surface area (Å²) in [5.41, 5.74) is 2.30. The first kappa shape index (κ1) is 29.3. The zero-order valence-corrected chi connectivity index (χ0v) is 23.5. The van der Waals surface area contributed by atoms with Gasteiger partial charge in [0.1, 0.15) is 12.4 Å². The minimum atomic E-state index is -0.511. The van der Waals surface area contributed by atoms with E-state index in [1.165, 1.54) is 23.1 Å². The molecule has 9 nitrogen and oxygen atoms in total. The molecule has 2 aromatic carbocycles. The van der Waals surface area contributed by atoms with Gasteiger partial charge in [0.2, 0.25) is 5.91 Å². The van der Waals surface area contributed by atoms with Gasteiger partial charge in [-0.2, -0.15) is 0 Å². The Morgan fingerprint density at radius 2 is 1.75 bits per heavy atom. The van der Waals surface area contributed by atoms with E-state index < -0.39 is 10.8 Å². The highest BCUT2D eigenvalue weighted by Gasteiger charge is 2.26. The SMILES string of the molecule is Cc1ccc(C(=O)N(CCN2CCOCC2)CC(=O)N(Cc2ccc(F)cc2)Cc2sccc2C)cc1[N+](=O)[O-]. The maximum atomic E-state index is 13.8. The number of morpholine rings is 1. The molecule has 1 aliphatic heterocycles. The number of carbonyl (C=O) groups excluding carboxylic acids is 2. The number of carbonyl (C=O) groups is 2. The van der Waals surface area contributed by atoms with E-state index in [2.05, 4.69) is 4.90 Å². The van der Waals surface area contributed by atoms with Crippen molar-refractivity contribution in [2.45, 2.75) is 26.9 Å². The number of hydrogen-bond acceptors (Lipinski definition) is 7. The van der Waals surface area contributed by atoms with Gasteiger partial charge in [-0.05, 0) is 54.6 Å². The summed E-state index contributed by atoms with van der Waals surface area (Å²) in [4.78, 5) is 44.8. The van der Waals surface area contributed by atoms with Crippen LogP contribution in [0.15, 0.2) is 53.9 Å². The van der Waals surface area contributed by atoms with Crippen LogP contribution in [-0.2, 0) is 22.6 Å². The summed E-state index contributed by atoms with van der Waals surface area (Å²) < 4.78 is 18.9. The predicted octanol–water partition coefficient (Wildman–Crippen LogP) is 4.42. The van der Waals surface area contributed by atoms with E-state index in [1.807, 2.05) is 18.4 Å². The van der Waals surface area contributed by atoms with Crippen LogP contribution in [0.25, 0.3) is 0 Å². The molecule has 3 aromatic rings. The molecule has 0 unspecified atom stereocenters. The molecule has 0 radical (unpaired) electrons. The number of hydrogen-bond donors (Lipinski definition) is 0. The summed E-state index contributed by atoms with van der Waals surface area (Å²) in [6, 6.07) is 12.4. The van der Waals surface area contributed by atoms with Gasteiger partial charge < -0.3 is 14.5 Å². The van der Waals surface area contributed by atoms with Gasteiger partial charge in [0.05, 0.1) is 24.7 Å². The van der Waals surface area contributed by atoms with Crippen molar-refractivity contribution in [1.29, 1.82) is 0 Å². The van der Waals surface area contributed by atoms with E-state index in [1.54, 1.807) is 47.4 Å². The topological polar surface area (TPSA) is 96.2 Å². The maximum Gasteiger partial charge on any atom is 0.273 e. The second-order valence-corrected chi connectivity index (χ2v) is 10.8. The van der Waals surface area contributed by atoms with Crippen molar-refractivity contribution < 1.29 is 23.6 Å². The zero-order chi connectivity index (χ0) is 28.6. The number of nitro benzene ring substituents is 1. The average Bonchev–Trinajstić information content (AvgIpc) is 3.36. The van der Waals surface area contributed by atoms with Gasteiger partial charge in [-0.15, -0.1) is 11.3 Å². The number of aryl methyl sites for hydroxylation is 2. The predicted molar refractivity (Wildman–Crippen MR) is 151 cm³/mol. The fraction of sp³-hybridized carbons (Fsp3) is 0.379. The zero-order valence-electron chi connectivity index (χ0n) is 22.7. The Labute approximate surface area is 236 Å². The van der Waals surface area contributed by atoms with Crippen molar-refractivity contribution in [3.05, 3.63) is 97.0 Å². The van der Waals surface area contributed by atoms with Crippen LogP contribution in [0.2, 0.25) is 0 Å². The molecule has 1 fully saturated rings. The lowest BCUT2D eigenvalue weighted by molar-refractivity contribution is -0.385. The Hall–Kier alpha value is -3.67. The van der Waals surface area contributed by atoms with Crippen LogP contribution in [0, 0.1) is 29.8 Å². The molecular weight excluding hydrogens is 535 g/mol. The van der Waals surface area contributed by atoms with Gasteiger partial charge in [0, 0.05) is 54.8 Å². The second-order valence-electron chi connectivity index (χ2n) is 9.84. The van der Waals surface area contributed by atoms with Gasteiger partial charge in [-0.3, -0.25) is 24.6 Å². The fourth-order valence-corrected chi connectivity index (χ4v) is 5.43. The molecular formula is C29H33FN4O5S. The van der Waals surface area contributed by atoms with Crippen molar-refractivity contribution >= 4 is 28.8 Å². The Bertz CT molecular complexity index is 1340. The van der Waals surface area contributed by atoms with E-state index in [-0.39, 0.29) is 42.6 Å². The van der Waals surface area contributed by atoms with E-state index in [0.29, 0.717) is 31.9 Å². The molecule has 1 saturated heterocycles. The smallest absolute Gasteiger partial charge is 0.273 e. The quantitative estimate of drug-likeness (QED) is 0.251. The van der Waals surface area contributed by atoms with Crippen LogP contribution >= 0.6 is 11.3 Å². The summed E-state index contributed by atoms with van der Waals surface area (Å²) in [5, 5.41) is 13.5. The number of thiophene rings is 1. The van der Waals surface area contributed by atoms with Crippen molar-refractivity contribution in [3.8, 4) is 0 Å². The number of nitro groups is 1. The van der Waals surface area contributed by atoms with Crippen LogP contribution < -0.4 is 0 Å². The molecule has 0 spiro atoms. The Morgan fingerprint density at radius 1 is 1.02 bits per heavy atom. The van der Waals surface area contributed by atoms with Gasteiger partial charge in [-0.25, -0.2) is 4.39 Å². The molecule has 212 valence electrons. The van der Waals surface area contributed by atoms with Crippen LogP contribution in [0.4, 0.5) is 10.1 Å². The number of rotatable bonds is 11. The number of nitrogens with zero attached hydrogens (tertiary/aromatic N) is 4. The lowest BCUT2D eigenvalue weighted by atomic mass is 10.1. The minimum absolute atomic E-state index is 0.142. The number of halogens is 1. The fourth-order valence-electron chi connectivity index (χ4n) is 4.51. The van der Waals surface area contributed by atoms with Crippen molar-refractivity contribution in [1.82, 2.24) is 14.7 Å². The van der Waals surface area contributed by atoms with E-state index in [9.17, 15) is 24.1 Å². The molecule has 0 N–H and O–H groups in total. The molecule has 11 heteroatoms. The molecule has 0 bridgehead atoms. The highest BCUT2D eigenvalue weighted by Crippen LogP contribution is 2.22.